The zero-order chi connectivity index (χ0) is 20.9. The van der Waals surface area contributed by atoms with Gasteiger partial charge >= 0.3 is 0 Å². The monoisotopic (exact) mass is 406 g/mol. The van der Waals surface area contributed by atoms with Crippen LogP contribution in [0.3, 0.4) is 0 Å². The summed E-state index contributed by atoms with van der Waals surface area (Å²) in [5, 5.41) is 12.8. The maximum atomic E-state index is 5.19. The van der Waals surface area contributed by atoms with Gasteiger partial charge in [0.1, 0.15) is 5.82 Å². The second-order valence-corrected chi connectivity index (χ2v) is 7.81. The van der Waals surface area contributed by atoms with E-state index >= 15 is 0 Å². The van der Waals surface area contributed by atoms with Crippen LogP contribution in [-0.2, 0) is 17.7 Å². The molecule has 0 bridgehead atoms. The van der Waals surface area contributed by atoms with Gasteiger partial charge in [0, 0.05) is 25.2 Å². The standard InChI is InChI=1S/C23H30N6O/c1-4-5-11-24-22-18-10-9-16(2)14-20(18)26-23(27-22)25-19-8-6-7-17-15-29(12-13-30-3)28-21(17)19/h4,9-10,14-15,19H,1,5-8,11-13H2,2-3H3,(H2,24,25,26,27). The van der Waals surface area contributed by atoms with Crippen LogP contribution >= 0.6 is 0 Å². The summed E-state index contributed by atoms with van der Waals surface area (Å²) < 4.78 is 7.18. The fourth-order valence-electron chi connectivity index (χ4n) is 3.92. The predicted molar refractivity (Wildman–Crippen MR) is 121 cm³/mol. The Balaban J connectivity index is 1.62. The number of hydrogen-bond acceptors (Lipinski definition) is 6. The first-order valence-electron chi connectivity index (χ1n) is 10.6. The van der Waals surface area contributed by atoms with Crippen molar-refractivity contribution in [3.05, 3.63) is 53.9 Å². The lowest BCUT2D eigenvalue weighted by molar-refractivity contribution is 0.183. The number of benzene rings is 1. The minimum absolute atomic E-state index is 0.112. The van der Waals surface area contributed by atoms with Crippen LogP contribution in [0.1, 0.15) is 42.1 Å². The highest BCUT2D eigenvalue weighted by molar-refractivity contribution is 5.90. The summed E-state index contributed by atoms with van der Waals surface area (Å²) in [6.45, 7) is 8.10. The van der Waals surface area contributed by atoms with Crippen molar-refractivity contribution in [2.45, 2.75) is 45.2 Å². The summed E-state index contributed by atoms with van der Waals surface area (Å²) >= 11 is 0. The first-order valence-corrected chi connectivity index (χ1v) is 10.6. The molecule has 2 N–H and O–H groups in total. The first kappa shape index (κ1) is 20.3. The molecule has 1 unspecified atom stereocenters. The van der Waals surface area contributed by atoms with Crippen molar-refractivity contribution < 1.29 is 4.74 Å². The molecule has 0 fully saturated rings. The van der Waals surface area contributed by atoms with Crippen LogP contribution in [0.5, 0.6) is 0 Å². The van der Waals surface area contributed by atoms with E-state index in [2.05, 4.69) is 48.5 Å². The molecule has 0 aliphatic heterocycles. The van der Waals surface area contributed by atoms with Crippen LogP contribution in [0.2, 0.25) is 0 Å². The van der Waals surface area contributed by atoms with E-state index in [1.54, 1.807) is 7.11 Å². The number of ether oxygens (including phenoxy) is 1. The third-order valence-electron chi connectivity index (χ3n) is 5.46. The van der Waals surface area contributed by atoms with Gasteiger partial charge in [-0.1, -0.05) is 12.1 Å². The molecule has 4 rings (SSSR count). The third-order valence-corrected chi connectivity index (χ3v) is 5.46. The Morgan fingerprint density at radius 2 is 2.23 bits per heavy atom. The Labute approximate surface area is 177 Å². The zero-order valence-corrected chi connectivity index (χ0v) is 17.8. The van der Waals surface area contributed by atoms with Crippen molar-refractivity contribution in [2.75, 3.05) is 30.9 Å². The summed E-state index contributed by atoms with van der Waals surface area (Å²) in [5.74, 6) is 1.49. The number of hydrogen-bond donors (Lipinski definition) is 2. The first-order chi connectivity index (χ1) is 14.7. The highest BCUT2D eigenvalue weighted by Gasteiger charge is 2.25. The molecule has 1 aromatic carbocycles. The lowest BCUT2D eigenvalue weighted by atomic mass is 9.94. The van der Waals surface area contributed by atoms with Crippen molar-refractivity contribution in [3.8, 4) is 0 Å². The number of methoxy groups -OCH3 is 1. The number of aryl methyl sites for hydroxylation is 2. The Kier molecular flexibility index (Phi) is 6.28. The minimum atomic E-state index is 0.112. The van der Waals surface area contributed by atoms with Gasteiger partial charge in [0.15, 0.2) is 0 Å². The molecule has 2 heterocycles. The maximum absolute atomic E-state index is 5.19. The van der Waals surface area contributed by atoms with E-state index in [0.717, 1.165) is 61.2 Å². The van der Waals surface area contributed by atoms with Gasteiger partial charge in [0.25, 0.3) is 0 Å². The van der Waals surface area contributed by atoms with Gasteiger partial charge in [-0.25, -0.2) is 4.98 Å². The Morgan fingerprint density at radius 1 is 1.33 bits per heavy atom. The summed E-state index contributed by atoms with van der Waals surface area (Å²) in [6, 6.07) is 6.39. The van der Waals surface area contributed by atoms with Gasteiger partial charge in [-0.05, 0) is 55.9 Å². The smallest absolute Gasteiger partial charge is 0.225 e. The molecule has 3 aromatic rings. The number of fused-ring (bicyclic) bond motifs is 2. The van der Waals surface area contributed by atoms with Gasteiger partial charge in [-0.15, -0.1) is 6.58 Å². The molecule has 0 radical (unpaired) electrons. The Bertz CT molecular complexity index is 1030. The summed E-state index contributed by atoms with van der Waals surface area (Å²) in [6.07, 6.45) is 8.14. The lowest BCUT2D eigenvalue weighted by Gasteiger charge is -2.22. The van der Waals surface area contributed by atoms with Gasteiger partial charge in [-0.2, -0.15) is 10.1 Å². The molecule has 0 amide bonds. The molecule has 7 nitrogen and oxygen atoms in total. The molecule has 2 aromatic heterocycles. The highest BCUT2D eigenvalue weighted by Crippen LogP contribution is 2.32. The molecule has 7 heteroatoms. The fraction of sp³-hybridized carbons (Fsp3) is 0.435. The van der Waals surface area contributed by atoms with Gasteiger partial charge in [0.05, 0.1) is 30.4 Å². The van der Waals surface area contributed by atoms with E-state index in [1.165, 1.54) is 11.1 Å². The van der Waals surface area contributed by atoms with Crippen LogP contribution in [0, 0.1) is 6.92 Å². The van der Waals surface area contributed by atoms with Gasteiger partial charge in [0.2, 0.25) is 5.95 Å². The van der Waals surface area contributed by atoms with E-state index < -0.39 is 0 Å². The summed E-state index contributed by atoms with van der Waals surface area (Å²) in [5.41, 5.74) is 4.53. The minimum Gasteiger partial charge on any atom is -0.383 e. The summed E-state index contributed by atoms with van der Waals surface area (Å²) in [7, 11) is 1.72. The normalized spacial score (nSPS) is 15.7. The highest BCUT2D eigenvalue weighted by atomic mass is 16.5. The second-order valence-electron chi connectivity index (χ2n) is 7.81. The van der Waals surface area contributed by atoms with E-state index in [4.69, 9.17) is 19.8 Å². The van der Waals surface area contributed by atoms with Crippen LogP contribution in [0.25, 0.3) is 10.9 Å². The topological polar surface area (TPSA) is 76.9 Å². The second kappa shape index (κ2) is 9.26. The number of nitrogens with one attached hydrogen (secondary N) is 2. The fourth-order valence-corrected chi connectivity index (χ4v) is 3.92. The van der Waals surface area contributed by atoms with E-state index in [-0.39, 0.29) is 6.04 Å². The molecule has 1 aliphatic carbocycles. The van der Waals surface area contributed by atoms with Gasteiger partial charge < -0.3 is 15.4 Å². The number of nitrogens with zero attached hydrogens (tertiary/aromatic N) is 4. The molecule has 158 valence electrons. The van der Waals surface area contributed by atoms with Crippen molar-refractivity contribution in [1.29, 1.82) is 0 Å². The molecule has 0 spiro atoms. The molecule has 1 aliphatic rings. The van der Waals surface area contributed by atoms with Crippen molar-refractivity contribution >= 4 is 22.7 Å². The van der Waals surface area contributed by atoms with E-state index in [0.29, 0.717) is 12.6 Å². The molecule has 0 saturated heterocycles. The predicted octanol–water partition coefficient (Wildman–Crippen LogP) is 4.26. The van der Waals surface area contributed by atoms with Crippen LogP contribution in [0.4, 0.5) is 11.8 Å². The van der Waals surface area contributed by atoms with Crippen molar-refractivity contribution in [3.63, 3.8) is 0 Å². The third kappa shape index (κ3) is 4.46. The SMILES string of the molecule is C=CCCNc1nc(NC2CCCc3cn(CCOC)nc32)nc2cc(C)ccc12. The quantitative estimate of drug-likeness (QED) is 0.408. The van der Waals surface area contributed by atoms with Crippen LogP contribution < -0.4 is 10.6 Å². The van der Waals surface area contributed by atoms with Crippen LogP contribution in [0.15, 0.2) is 37.1 Å². The van der Waals surface area contributed by atoms with Crippen molar-refractivity contribution in [1.82, 2.24) is 19.7 Å². The maximum Gasteiger partial charge on any atom is 0.225 e. The van der Waals surface area contributed by atoms with Gasteiger partial charge in [-0.3, -0.25) is 4.68 Å². The average molecular weight is 407 g/mol. The molecule has 30 heavy (non-hydrogen) atoms. The van der Waals surface area contributed by atoms with E-state index in [1.807, 2.05) is 10.8 Å². The number of anilines is 2. The van der Waals surface area contributed by atoms with Crippen molar-refractivity contribution in [2.24, 2.45) is 0 Å². The molecule has 1 atom stereocenters. The zero-order valence-electron chi connectivity index (χ0n) is 17.8. The average Bonchev–Trinajstić information content (AvgIpc) is 3.16. The number of aromatic nitrogens is 4. The molecule has 0 saturated carbocycles. The Hall–Kier alpha value is -2.93. The Morgan fingerprint density at radius 3 is 3.07 bits per heavy atom. The largest absolute Gasteiger partial charge is 0.383 e. The molecular weight excluding hydrogens is 376 g/mol. The van der Waals surface area contributed by atoms with Crippen LogP contribution in [-0.4, -0.2) is 40.0 Å². The molecular formula is C23H30N6O. The van der Waals surface area contributed by atoms with E-state index in [9.17, 15) is 0 Å². The lowest BCUT2D eigenvalue weighted by Crippen LogP contribution is -2.19. The summed E-state index contributed by atoms with van der Waals surface area (Å²) in [4.78, 5) is 9.61. The number of rotatable bonds is 9.